The number of oxazole rings is 1. The molecule has 25 heavy (non-hydrogen) atoms. The molecule has 0 unspecified atom stereocenters. The van der Waals surface area contributed by atoms with E-state index >= 15 is 0 Å². The average Bonchev–Trinajstić information content (AvgIpc) is 3.20. The quantitative estimate of drug-likeness (QED) is 0.841. The van der Waals surface area contributed by atoms with Gasteiger partial charge in [0.25, 0.3) is 0 Å². The van der Waals surface area contributed by atoms with Crippen molar-refractivity contribution in [1.82, 2.24) is 10.3 Å². The van der Waals surface area contributed by atoms with Crippen LogP contribution < -0.4 is 10.1 Å². The first-order chi connectivity index (χ1) is 12.0. The van der Waals surface area contributed by atoms with Gasteiger partial charge in [-0.05, 0) is 31.9 Å². The fourth-order valence-electron chi connectivity index (χ4n) is 3.22. The van der Waals surface area contributed by atoms with Gasteiger partial charge >= 0.3 is 0 Å². The van der Waals surface area contributed by atoms with E-state index in [4.69, 9.17) is 9.15 Å². The van der Waals surface area contributed by atoms with E-state index in [2.05, 4.69) is 10.3 Å². The minimum absolute atomic E-state index is 0.126. The van der Waals surface area contributed by atoms with E-state index in [1.807, 2.05) is 24.3 Å². The standard InChI is InChI=1S/C19H24N2O4/c1-13-15(11-17(22)20-12-19(23)9-5-6-10-19)21-18(25-13)14-7-3-4-8-16(14)24-2/h3-4,7-8,23H,5-6,9-12H2,1-2H3,(H,20,22). The van der Waals surface area contributed by atoms with E-state index in [0.29, 0.717) is 29.6 Å². The normalized spacial score (nSPS) is 16.0. The maximum Gasteiger partial charge on any atom is 0.230 e. The topological polar surface area (TPSA) is 84.6 Å². The number of nitrogens with one attached hydrogen (secondary N) is 1. The highest BCUT2D eigenvalue weighted by Crippen LogP contribution is 2.30. The molecule has 2 aromatic rings. The maximum absolute atomic E-state index is 12.2. The van der Waals surface area contributed by atoms with Crippen molar-refractivity contribution in [2.75, 3.05) is 13.7 Å². The summed E-state index contributed by atoms with van der Waals surface area (Å²) in [7, 11) is 1.59. The lowest BCUT2D eigenvalue weighted by molar-refractivity contribution is -0.121. The van der Waals surface area contributed by atoms with E-state index in [0.717, 1.165) is 31.2 Å². The van der Waals surface area contributed by atoms with Crippen LogP contribution in [0.3, 0.4) is 0 Å². The monoisotopic (exact) mass is 344 g/mol. The Labute approximate surface area is 147 Å². The van der Waals surface area contributed by atoms with Gasteiger partial charge in [0.05, 0.1) is 30.4 Å². The Morgan fingerprint density at radius 3 is 2.80 bits per heavy atom. The van der Waals surface area contributed by atoms with E-state index in [1.165, 1.54) is 0 Å². The minimum Gasteiger partial charge on any atom is -0.496 e. The zero-order valence-electron chi connectivity index (χ0n) is 14.7. The number of carbonyl (C=O) groups excluding carboxylic acids is 1. The Hall–Kier alpha value is -2.34. The van der Waals surface area contributed by atoms with Crippen molar-refractivity contribution >= 4 is 5.91 Å². The Balaban J connectivity index is 1.67. The summed E-state index contributed by atoms with van der Waals surface area (Å²) >= 11 is 0. The van der Waals surface area contributed by atoms with Gasteiger partial charge in [-0.3, -0.25) is 4.79 Å². The van der Waals surface area contributed by atoms with Crippen molar-refractivity contribution in [3.63, 3.8) is 0 Å². The number of hydrogen-bond acceptors (Lipinski definition) is 5. The third-order valence-electron chi connectivity index (χ3n) is 4.71. The van der Waals surface area contributed by atoms with Crippen LogP contribution in [0, 0.1) is 6.92 Å². The molecule has 1 aromatic heterocycles. The summed E-state index contributed by atoms with van der Waals surface area (Å²) < 4.78 is 11.1. The largest absolute Gasteiger partial charge is 0.496 e. The smallest absolute Gasteiger partial charge is 0.230 e. The van der Waals surface area contributed by atoms with Gasteiger partial charge in [-0.2, -0.15) is 0 Å². The van der Waals surface area contributed by atoms with Crippen LogP contribution in [0.2, 0.25) is 0 Å². The summed E-state index contributed by atoms with van der Waals surface area (Å²) in [5, 5.41) is 13.1. The van der Waals surface area contributed by atoms with Crippen LogP contribution in [-0.2, 0) is 11.2 Å². The molecule has 1 aliphatic rings. The fraction of sp³-hybridized carbons (Fsp3) is 0.474. The van der Waals surface area contributed by atoms with Crippen LogP contribution in [0.25, 0.3) is 11.5 Å². The predicted octanol–water partition coefficient (Wildman–Crippen LogP) is 2.62. The van der Waals surface area contributed by atoms with Gasteiger partial charge < -0.3 is 19.6 Å². The molecule has 134 valence electrons. The molecule has 0 saturated heterocycles. The van der Waals surface area contributed by atoms with Gasteiger partial charge in [0, 0.05) is 6.54 Å². The van der Waals surface area contributed by atoms with Gasteiger partial charge in [-0.15, -0.1) is 0 Å². The third-order valence-corrected chi connectivity index (χ3v) is 4.71. The van der Waals surface area contributed by atoms with E-state index in [9.17, 15) is 9.90 Å². The highest BCUT2D eigenvalue weighted by atomic mass is 16.5. The highest BCUT2D eigenvalue weighted by Gasteiger charge is 2.31. The summed E-state index contributed by atoms with van der Waals surface area (Å²) in [6, 6.07) is 7.46. The van der Waals surface area contributed by atoms with Crippen molar-refractivity contribution in [1.29, 1.82) is 0 Å². The molecular weight excluding hydrogens is 320 g/mol. The number of carbonyl (C=O) groups is 1. The number of aliphatic hydroxyl groups is 1. The van der Waals surface area contributed by atoms with Crippen LogP contribution in [0.1, 0.15) is 37.1 Å². The maximum atomic E-state index is 12.2. The lowest BCUT2D eigenvalue weighted by Crippen LogP contribution is -2.41. The number of hydrogen-bond donors (Lipinski definition) is 2. The van der Waals surface area contributed by atoms with Gasteiger partial charge in [0.1, 0.15) is 11.5 Å². The molecule has 1 heterocycles. The molecule has 6 heteroatoms. The summed E-state index contributed by atoms with van der Waals surface area (Å²) in [6.45, 7) is 2.08. The Bertz CT molecular complexity index is 748. The lowest BCUT2D eigenvalue weighted by Gasteiger charge is -2.22. The molecule has 0 bridgehead atoms. The molecule has 3 rings (SSSR count). The molecular formula is C19H24N2O4. The van der Waals surface area contributed by atoms with Crippen LogP contribution in [-0.4, -0.2) is 35.3 Å². The van der Waals surface area contributed by atoms with Crippen LogP contribution >= 0.6 is 0 Å². The molecule has 2 N–H and O–H groups in total. The van der Waals surface area contributed by atoms with Crippen molar-refractivity contribution in [3.8, 4) is 17.2 Å². The SMILES string of the molecule is COc1ccccc1-c1nc(CC(=O)NCC2(O)CCCC2)c(C)o1. The van der Waals surface area contributed by atoms with Gasteiger partial charge in [-0.1, -0.05) is 25.0 Å². The molecule has 0 radical (unpaired) electrons. The molecule has 0 aliphatic heterocycles. The van der Waals surface area contributed by atoms with Crippen molar-refractivity contribution in [3.05, 3.63) is 35.7 Å². The van der Waals surface area contributed by atoms with Gasteiger partial charge in [0.15, 0.2) is 0 Å². The number of amides is 1. The second-order valence-electron chi connectivity index (χ2n) is 6.61. The number of aryl methyl sites for hydroxylation is 1. The van der Waals surface area contributed by atoms with E-state index in [-0.39, 0.29) is 12.3 Å². The Morgan fingerprint density at radius 1 is 1.36 bits per heavy atom. The number of nitrogens with zero attached hydrogens (tertiary/aromatic N) is 1. The van der Waals surface area contributed by atoms with E-state index < -0.39 is 5.60 Å². The van der Waals surface area contributed by atoms with E-state index in [1.54, 1.807) is 14.0 Å². The minimum atomic E-state index is -0.753. The first-order valence-corrected chi connectivity index (χ1v) is 8.59. The number of methoxy groups -OCH3 is 1. The lowest BCUT2D eigenvalue weighted by atomic mass is 10.0. The number of rotatable bonds is 6. The molecule has 1 fully saturated rings. The van der Waals surface area contributed by atoms with Crippen molar-refractivity contribution in [2.45, 2.75) is 44.6 Å². The predicted molar refractivity (Wildman–Crippen MR) is 93.4 cm³/mol. The first-order valence-electron chi connectivity index (χ1n) is 8.59. The first kappa shape index (κ1) is 17.5. The van der Waals surface area contributed by atoms with Crippen molar-refractivity contribution in [2.24, 2.45) is 0 Å². The highest BCUT2D eigenvalue weighted by molar-refractivity contribution is 5.78. The number of benzene rings is 1. The fourth-order valence-corrected chi connectivity index (χ4v) is 3.22. The molecule has 0 atom stereocenters. The summed E-state index contributed by atoms with van der Waals surface area (Å²) in [5.41, 5.74) is 0.591. The summed E-state index contributed by atoms with van der Waals surface area (Å²) in [5.74, 6) is 1.55. The second kappa shape index (κ2) is 7.27. The van der Waals surface area contributed by atoms with Crippen molar-refractivity contribution < 1.29 is 19.1 Å². The molecule has 1 aliphatic carbocycles. The number of ether oxygens (including phenoxy) is 1. The second-order valence-corrected chi connectivity index (χ2v) is 6.61. The molecule has 6 nitrogen and oxygen atoms in total. The van der Waals surface area contributed by atoms with Gasteiger partial charge in [-0.25, -0.2) is 4.98 Å². The zero-order chi connectivity index (χ0) is 17.9. The van der Waals surface area contributed by atoms with Gasteiger partial charge in [0.2, 0.25) is 11.8 Å². The van der Waals surface area contributed by atoms with Crippen LogP contribution in [0.4, 0.5) is 0 Å². The van der Waals surface area contributed by atoms with Crippen LogP contribution in [0.5, 0.6) is 5.75 Å². The summed E-state index contributed by atoms with van der Waals surface area (Å²) in [6.07, 6.45) is 3.64. The zero-order valence-corrected chi connectivity index (χ0v) is 14.7. The summed E-state index contributed by atoms with van der Waals surface area (Å²) in [4.78, 5) is 16.7. The Kier molecular flexibility index (Phi) is 5.08. The molecule has 1 amide bonds. The molecule has 0 spiro atoms. The molecule has 1 saturated carbocycles. The average molecular weight is 344 g/mol. The third kappa shape index (κ3) is 4.02. The van der Waals surface area contributed by atoms with Crippen LogP contribution in [0.15, 0.2) is 28.7 Å². The number of aromatic nitrogens is 1. The molecule has 1 aromatic carbocycles. The number of para-hydroxylation sites is 1. The Morgan fingerprint density at radius 2 is 2.08 bits per heavy atom.